The third kappa shape index (κ3) is 3.44. The number of nitrogens with one attached hydrogen (secondary N) is 1. The van der Waals surface area contributed by atoms with Crippen LogP contribution < -0.4 is 11.1 Å². The number of methoxy groups -OCH3 is 1. The number of carbonyl (C=O) groups excluding carboxylic acids is 1. The molecule has 1 saturated carbocycles. The smallest absolute Gasteiger partial charge is 0.227 e. The second-order valence-corrected chi connectivity index (χ2v) is 5.78. The average Bonchev–Trinajstić information content (AvgIpc) is 3.04. The number of rotatable bonds is 6. The van der Waals surface area contributed by atoms with E-state index in [2.05, 4.69) is 10.4 Å². The van der Waals surface area contributed by atoms with Gasteiger partial charge in [-0.05, 0) is 39.2 Å². The summed E-state index contributed by atoms with van der Waals surface area (Å²) in [6.45, 7) is 5.77. The number of nitrogens with zero attached hydrogens (tertiary/aromatic N) is 2. The summed E-state index contributed by atoms with van der Waals surface area (Å²) in [5, 5.41) is 7.53. The third-order valence-corrected chi connectivity index (χ3v) is 4.44. The van der Waals surface area contributed by atoms with Gasteiger partial charge >= 0.3 is 0 Å². The molecule has 0 bridgehead atoms. The van der Waals surface area contributed by atoms with Crippen LogP contribution in [0.25, 0.3) is 0 Å². The van der Waals surface area contributed by atoms with Crippen LogP contribution in [0.15, 0.2) is 0 Å². The van der Waals surface area contributed by atoms with Gasteiger partial charge in [-0.25, -0.2) is 0 Å². The predicted octanol–water partition coefficient (Wildman–Crippen LogP) is 1.46. The highest BCUT2D eigenvalue weighted by molar-refractivity contribution is 5.94. The van der Waals surface area contributed by atoms with Gasteiger partial charge in [-0.1, -0.05) is 6.42 Å². The average molecular weight is 294 g/mol. The number of hydrogen-bond acceptors (Lipinski definition) is 4. The van der Waals surface area contributed by atoms with Gasteiger partial charge in [0, 0.05) is 13.0 Å². The normalized spacial score (nSPS) is 21.7. The molecule has 0 aliphatic heterocycles. The molecule has 0 spiro atoms. The van der Waals surface area contributed by atoms with Gasteiger partial charge in [-0.3, -0.25) is 9.48 Å². The van der Waals surface area contributed by atoms with Crippen molar-refractivity contribution in [2.75, 3.05) is 25.6 Å². The number of aromatic nitrogens is 2. The maximum Gasteiger partial charge on any atom is 0.227 e. The zero-order valence-electron chi connectivity index (χ0n) is 13.2. The molecule has 0 radical (unpaired) electrons. The van der Waals surface area contributed by atoms with Crippen LogP contribution in [0.4, 0.5) is 5.69 Å². The van der Waals surface area contributed by atoms with Crippen LogP contribution in [0.3, 0.4) is 0 Å². The minimum atomic E-state index is 0.0381. The van der Waals surface area contributed by atoms with Gasteiger partial charge in [-0.15, -0.1) is 0 Å². The summed E-state index contributed by atoms with van der Waals surface area (Å²) in [5.41, 5.74) is 8.41. The van der Waals surface area contributed by atoms with E-state index >= 15 is 0 Å². The quantitative estimate of drug-likeness (QED) is 0.832. The van der Waals surface area contributed by atoms with Crippen LogP contribution in [-0.4, -0.2) is 35.9 Å². The number of carbonyl (C=O) groups is 1. The minimum Gasteiger partial charge on any atom is -0.383 e. The number of nitrogens with two attached hydrogens (primary N) is 1. The van der Waals surface area contributed by atoms with Crippen molar-refractivity contribution in [3.8, 4) is 0 Å². The SMILES string of the molecule is COCCn1nc(C)c(NC(=O)[C@@H]2CCC[C@@H]2CN)c1C. The third-order valence-electron chi connectivity index (χ3n) is 4.44. The lowest BCUT2D eigenvalue weighted by atomic mass is 9.95. The maximum absolute atomic E-state index is 12.5. The molecule has 118 valence electrons. The van der Waals surface area contributed by atoms with Crippen LogP contribution in [0.2, 0.25) is 0 Å². The van der Waals surface area contributed by atoms with Crippen LogP contribution >= 0.6 is 0 Å². The van der Waals surface area contributed by atoms with Crippen LogP contribution in [0.5, 0.6) is 0 Å². The van der Waals surface area contributed by atoms with Gasteiger partial charge < -0.3 is 15.8 Å². The summed E-state index contributed by atoms with van der Waals surface area (Å²) in [5.74, 6) is 0.436. The molecule has 0 saturated heterocycles. The molecule has 1 fully saturated rings. The molecule has 1 heterocycles. The van der Waals surface area contributed by atoms with Gasteiger partial charge in [0.05, 0.1) is 30.2 Å². The lowest BCUT2D eigenvalue weighted by Crippen LogP contribution is -2.30. The Balaban J connectivity index is 2.08. The topological polar surface area (TPSA) is 82.2 Å². The van der Waals surface area contributed by atoms with Crippen molar-refractivity contribution in [3.05, 3.63) is 11.4 Å². The highest BCUT2D eigenvalue weighted by Gasteiger charge is 2.32. The number of anilines is 1. The van der Waals surface area contributed by atoms with E-state index in [-0.39, 0.29) is 11.8 Å². The van der Waals surface area contributed by atoms with Crippen molar-refractivity contribution in [2.45, 2.75) is 39.7 Å². The largest absolute Gasteiger partial charge is 0.383 e. The Labute approximate surface area is 126 Å². The second kappa shape index (κ2) is 7.04. The van der Waals surface area contributed by atoms with Crippen LogP contribution in [0, 0.1) is 25.7 Å². The highest BCUT2D eigenvalue weighted by Crippen LogP contribution is 2.32. The maximum atomic E-state index is 12.5. The molecule has 2 rings (SSSR count). The van der Waals surface area contributed by atoms with Gasteiger partial charge in [0.25, 0.3) is 0 Å². The number of amides is 1. The molecular formula is C15H26N4O2. The van der Waals surface area contributed by atoms with Gasteiger partial charge in [0.15, 0.2) is 0 Å². The molecule has 1 aromatic rings. The Kier molecular flexibility index (Phi) is 5.36. The molecule has 0 unspecified atom stereocenters. The fourth-order valence-corrected chi connectivity index (χ4v) is 3.15. The van der Waals surface area contributed by atoms with E-state index in [0.29, 0.717) is 25.6 Å². The van der Waals surface area contributed by atoms with Gasteiger partial charge in [-0.2, -0.15) is 5.10 Å². The van der Waals surface area contributed by atoms with E-state index in [9.17, 15) is 4.79 Å². The zero-order valence-corrected chi connectivity index (χ0v) is 13.2. The first-order chi connectivity index (χ1) is 10.1. The standard InChI is InChI=1S/C15H26N4O2/c1-10-14(11(2)19(18-10)7-8-21-3)17-15(20)13-6-4-5-12(13)9-16/h12-13H,4-9,16H2,1-3H3,(H,17,20)/t12-,13-/m1/s1. The Morgan fingerprint density at radius 3 is 2.90 bits per heavy atom. The first-order valence-electron chi connectivity index (χ1n) is 7.62. The zero-order chi connectivity index (χ0) is 15.4. The van der Waals surface area contributed by atoms with E-state index < -0.39 is 0 Å². The van der Waals surface area contributed by atoms with Crippen molar-refractivity contribution in [1.82, 2.24) is 9.78 Å². The van der Waals surface area contributed by atoms with Crippen molar-refractivity contribution in [1.29, 1.82) is 0 Å². The Morgan fingerprint density at radius 2 is 2.24 bits per heavy atom. The summed E-state index contributed by atoms with van der Waals surface area (Å²) >= 11 is 0. The van der Waals surface area contributed by atoms with Gasteiger partial charge in [0.1, 0.15) is 0 Å². The molecule has 2 atom stereocenters. The summed E-state index contributed by atoms with van der Waals surface area (Å²) in [4.78, 5) is 12.5. The molecular weight excluding hydrogens is 268 g/mol. The summed E-state index contributed by atoms with van der Waals surface area (Å²) in [7, 11) is 1.67. The second-order valence-electron chi connectivity index (χ2n) is 5.78. The Morgan fingerprint density at radius 1 is 1.48 bits per heavy atom. The van der Waals surface area contributed by atoms with Gasteiger partial charge in [0.2, 0.25) is 5.91 Å². The van der Waals surface area contributed by atoms with Crippen LogP contribution in [-0.2, 0) is 16.1 Å². The number of ether oxygens (including phenoxy) is 1. The molecule has 0 aromatic carbocycles. The molecule has 1 amide bonds. The monoisotopic (exact) mass is 294 g/mol. The van der Waals surface area contributed by atoms with Crippen molar-refractivity contribution in [2.24, 2.45) is 17.6 Å². The number of aryl methyl sites for hydroxylation is 1. The lowest BCUT2D eigenvalue weighted by Gasteiger charge is -2.17. The Bertz CT molecular complexity index is 498. The molecule has 6 heteroatoms. The minimum absolute atomic E-state index is 0.0381. The van der Waals surface area contributed by atoms with E-state index in [1.54, 1.807) is 7.11 Å². The highest BCUT2D eigenvalue weighted by atomic mass is 16.5. The van der Waals surface area contributed by atoms with E-state index in [4.69, 9.17) is 10.5 Å². The molecule has 1 aliphatic carbocycles. The van der Waals surface area contributed by atoms with Crippen molar-refractivity contribution in [3.63, 3.8) is 0 Å². The molecule has 1 aromatic heterocycles. The van der Waals surface area contributed by atoms with E-state index in [0.717, 1.165) is 36.3 Å². The molecule has 3 N–H and O–H groups in total. The lowest BCUT2D eigenvalue weighted by molar-refractivity contribution is -0.120. The van der Waals surface area contributed by atoms with E-state index in [1.807, 2.05) is 18.5 Å². The molecule has 1 aliphatic rings. The predicted molar refractivity (Wildman–Crippen MR) is 82.1 cm³/mol. The molecule has 6 nitrogen and oxygen atoms in total. The van der Waals surface area contributed by atoms with Crippen LogP contribution in [0.1, 0.15) is 30.7 Å². The van der Waals surface area contributed by atoms with E-state index in [1.165, 1.54) is 0 Å². The van der Waals surface area contributed by atoms with Crippen molar-refractivity contribution < 1.29 is 9.53 Å². The fourth-order valence-electron chi connectivity index (χ4n) is 3.15. The first-order valence-corrected chi connectivity index (χ1v) is 7.62. The summed E-state index contributed by atoms with van der Waals surface area (Å²) in [6.07, 6.45) is 3.08. The fraction of sp³-hybridized carbons (Fsp3) is 0.733. The summed E-state index contributed by atoms with van der Waals surface area (Å²) in [6, 6.07) is 0. The Hall–Kier alpha value is -1.40. The first kappa shape index (κ1) is 16.0. The number of hydrogen-bond donors (Lipinski definition) is 2. The molecule has 21 heavy (non-hydrogen) atoms. The summed E-state index contributed by atoms with van der Waals surface area (Å²) < 4.78 is 6.96. The van der Waals surface area contributed by atoms with Crippen molar-refractivity contribution >= 4 is 11.6 Å².